The van der Waals surface area contributed by atoms with Crippen molar-refractivity contribution in [3.63, 3.8) is 0 Å². The second-order valence-corrected chi connectivity index (χ2v) is 8.97. The van der Waals surface area contributed by atoms with E-state index >= 15 is 0 Å². The lowest BCUT2D eigenvalue weighted by Crippen LogP contribution is -2.41. The Kier molecular flexibility index (Phi) is 5.71. The fourth-order valence-corrected chi connectivity index (χ4v) is 4.73. The average Bonchev–Trinajstić information content (AvgIpc) is 2.66. The minimum absolute atomic E-state index is 0.127. The molecular formula is C20H24N2O5S. The van der Waals surface area contributed by atoms with Crippen LogP contribution in [0.2, 0.25) is 0 Å². The fourth-order valence-electron chi connectivity index (χ4n) is 3.21. The molecule has 0 aliphatic carbocycles. The Morgan fingerprint density at radius 2 is 1.82 bits per heavy atom. The summed E-state index contributed by atoms with van der Waals surface area (Å²) in [7, 11) is -1.96. The highest BCUT2D eigenvalue weighted by Gasteiger charge is 2.30. The van der Waals surface area contributed by atoms with Gasteiger partial charge in [0.1, 0.15) is 11.9 Å². The first kappa shape index (κ1) is 20.3. The number of Topliss-reactive ketones (excluding diaryl/α,β-unsaturated/α-hetero) is 1. The molecule has 0 saturated carbocycles. The lowest BCUT2D eigenvalue weighted by molar-refractivity contribution is 0.101. The van der Waals surface area contributed by atoms with Gasteiger partial charge in [-0.15, -0.1) is 0 Å². The van der Waals surface area contributed by atoms with Crippen molar-refractivity contribution in [2.45, 2.75) is 37.7 Å². The van der Waals surface area contributed by atoms with Crippen LogP contribution in [0.3, 0.4) is 0 Å². The average molecular weight is 404 g/mol. The number of ether oxygens (including phenoxy) is 1. The molecule has 0 spiro atoms. The lowest BCUT2D eigenvalue weighted by Gasteiger charge is -2.31. The molecule has 1 fully saturated rings. The van der Waals surface area contributed by atoms with Crippen molar-refractivity contribution in [3.05, 3.63) is 58.0 Å². The number of nitrogens with zero attached hydrogens (tertiary/aromatic N) is 2. The first-order valence-electron chi connectivity index (χ1n) is 9.14. The number of hydrogen-bond acceptors (Lipinski definition) is 5. The Morgan fingerprint density at radius 3 is 2.43 bits per heavy atom. The number of ketones is 1. The molecule has 0 bridgehead atoms. The zero-order valence-corrected chi connectivity index (χ0v) is 17.0. The largest absolute Gasteiger partial charge is 0.490 e. The second-order valence-electron chi connectivity index (χ2n) is 7.03. The standard InChI is InChI=1S/C20H24N2O5S/c1-14-11-18(13-20(24)21(14)3)27-17-7-9-22(10-8-17)28(25,26)19-6-4-5-16(12-19)15(2)23/h4-6,11-13,17H,7-10H2,1-3H3. The second kappa shape index (κ2) is 7.89. The van der Waals surface area contributed by atoms with Gasteiger partial charge >= 0.3 is 0 Å². The molecule has 150 valence electrons. The number of aromatic nitrogens is 1. The molecule has 1 aliphatic rings. The van der Waals surface area contributed by atoms with Crippen LogP contribution in [0, 0.1) is 6.92 Å². The Morgan fingerprint density at radius 1 is 1.14 bits per heavy atom. The van der Waals surface area contributed by atoms with Crippen LogP contribution in [0.15, 0.2) is 46.1 Å². The van der Waals surface area contributed by atoms with E-state index in [1.54, 1.807) is 25.2 Å². The molecule has 0 radical (unpaired) electrons. The quantitative estimate of drug-likeness (QED) is 0.713. The SMILES string of the molecule is CC(=O)c1cccc(S(=O)(=O)N2CCC(Oc3cc(C)n(C)c(=O)c3)CC2)c1. The van der Waals surface area contributed by atoms with E-state index in [-0.39, 0.29) is 22.3 Å². The fraction of sp³-hybridized carbons (Fsp3) is 0.400. The van der Waals surface area contributed by atoms with E-state index in [4.69, 9.17) is 4.74 Å². The molecule has 0 N–H and O–H groups in total. The molecule has 0 amide bonds. The summed E-state index contributed by atoms with van der Waals surface area (Å²) in [5.41, 5.74) is 1.04. The summed E-state index contributed by atoms with van der Waals surface area (Å²) in [5.74, 6) is 0.338. The van der Waals surface area contributed by atoms with Crippen molar-refractivity contribution in [1.29, 1.82) is 0 Å². The molecule has 7 nitrogen and oxygen atoms in total. The van der Waals surface area contributed by atoms with Gasteiger partial charge in [0.15, 0.2) is 5.78 Å². The topological polar surface area (TPSA) is 85.7 Å². The van der Waals surface area contributed by atoms with Crippen LogP contribution >= 0.6 is 0 Å². The molecule has 28 heavy (non-hydrogen) atoms. The number of sulfonamides is 1. The van der Waals surface area contributed by atoms with Crippen LogP contribution in [-0.2, 0) is 17.1 Å². The number of carbonyl (C=O) groups is 1. The van der Waals surface area contributed by atoms with E-state index < -0.39 is 10.0 Å². The Bertz CT molecular complexity index is 1050. The van der Waals surface area contributed by atoms with E-state index in [0.717, 1.165) is 5.69 Å². The van der Waals surface area contributed by atoms with Crippen molar-refractivity contribution in [3.8, 4) is 5.75 Å². The molecule has 3 rings (SSSR count). The predicted octanol–water partition coefficient (Wildman–Crippen LogP) is 2.13. The summed E-state index contributed by atoms with van der Waals surface area (Å²) in [4.78, 5) is 23.6. The third-order valence-corrected chi connectivity index (χ3v) is 6.95. The van der Waals surface area contributed by atoms with Gasteiger partial charge in [-0.2, -0.15) is 4.31 Å². The number of piperidine rings is 1. The highest BCUT2D eigenvalue weighted by atomic mass is 32.2. The molecule has 2 aromatic rings. The van der Waals surface area contributed by atoms with Crippen molar-refractivity contribution >= 4 is 15.8 Å². The number of pyridine rings is 1. The highest BCUT2D eigenvalue weighted by molar-refractivity contribution is 7.89. The Balaban J connectivity index is 1.69. The summed E-state index contributed by atoms with van der Waals surface area (Å²) in [6, 6.07) is 9.36. The Labute approximate surface area is 164 Å². The maximum Gasteiger partial charge on any atom is 0.254 e. The predicted molar refractivity (Wildman–Crippen MR) is 105 cm³/mol. The van der Waals surface area contributed by atoms with E-state index in [0.29, 0.717) is 37.2 Å². The zero-order valence-electron chi connectivity index (χ0n) is 16.2. The van der Waals surface area contributed by atoms with E-state index in [1.165, 1.54) is 34.0 Å². The van der Waals surface area contributed by atoms with Crippen LogP contribution in [-0.4, -0.2) is 42.3 Å². The number of benzene rings is 1. The Hall–Kier alpha value is -2.45. The maximum absolute atomic E-state index is 12.9. The number of carbonyl (C=O) groups excluding carboxylic acids is 1. The number of rotatable bonds is 5. The summed E-state index contributed by atoms with van der Waals surface area (Å²) < 4.78 is 34.6. The van der Waals surface area contributed by atoms with E-state index in [2.05, 4.69) is 0 Å². The third kappa shape index (κ3) is 4.18. The molecule has 0 atom stereocenters. The summed E-state index contributed by atoms with van der Waals surface area (Å²) in [6.07, 6.45) is 0.904. The number of aryl methyl sites for hydroxylation is 1. The summed E-state index contributed by atoms with van der Waals surface area (Å²) >= 11 is 0. The summed E-state index contributed by atoms with van der Waals surface area (Å²) in [5, 5.41) is 0. The van der Waals surface area contributed by atoms with Gasteiger partial charge < -0.3 is 9.30 Å². The van der Waals surface area contributed by atoms with E-state index in [1.807, 2.05) is 6.92 Å². The third-order valence-electron chi connectivity index (χ3n) is 5.06. The molecule has 1 aromatic heterocycles. The van der Waals surface area contributed by atoms with Crippen molar-refractivity contribution < 1.29 is 17.9 Å². The first-order chi connectivity index (χ1) is 13.2. The molecule has 2 heterocycles. The molecular weight excluding hydrogens is 380 g/mol. The molecule has 0 unspecified atom stereocenters. The van der Waals surface area contributed by atoms with Crippen LogP contribution in [0.25, 0.3) is 0 Å². The van der Waals surface area contributed by atoms with Gasteiger partial charge in [-0.3, -0.25) is 9.59 Å². The first-order valence-corrected chi connectivity index (χ1v) is 10.6. The van der Waals surface area contributed by atoms with Gasteiger partial charge in [0.05, 0.1) is 4.90 Å². The molecule has 1 saturated heterocycles. The molecule has 8 heteroatoms. The van der Waals surface area contributed by atoms with Gasteiger partial charge in [0.2, 0.25) is 10.0 Å². The van der Waals surface area contributed by atoms with Gasteiger partial charge in [0.25, 0.3) is 5.56 Å². The van der Waals surface area contributed by atoms with Crippen LogP contribution in [0.5, 0.6) is 5.75 Å². The normalized spacial score (nSPS) is 16.1. The van der Waals surface area contributed by atoms with Crippen molar-refractivity contribution in [2.75, 3.05) is 13.1 Å². The highest BCUT2D eigenvalue weighted by Crippen LogP contribution is 2.24. The summed E-state index contributed by atoms with van der Waals surface area (Å²) in [6.45, 7) is 3.88. The van der Waals surface area contributed by atoms with Crippen molar-refractivity contribution in [1.82, 2.24) is 8.87 Å². The number of hydrogen-bond donors (Lipinski definition) is 0. The minimum Gasteiger partial charge on any atom is -0.490 e. The molecule has 1 aromatic carbocycles. The van der Waals surface area contributed by atoms with Crippen LogP contribution in [0.4, 0.5) is 0 Å². The monoisotopic (exact) mass is 404 g/mol. The zero-order chi connectivity index (χ0) is 20.5. The van der Waals surface area contributed by atoms with Crippen LogP contribution in [0.1, 0.15) is 35.8 Å². The van der Waals surface area contributed by atoms with E-state index in [9.17, 15) is 18.0 Å². The minimum atomic E-state index is -3.66. The van der Waals surface area contributed by atoms with Crippen molar-refractivity contribution in [2.24, 2.45) is 7.05 Å². The van der Waals surface area contributed by atoms with Gasteiger partial charge in [-0.05, 0) is 44.9 Å². The van der Waals surface area contributed by atoms with Gasteiger partial charge in [0, 0.05) is 37.5 Å². The van der Waals surface area contributed by atoms with Crippen LogP contribution < -0.4 is 10.3 Å². The van der Waals surface area contributed by atoms with Gasteiger partial charge in [-0.25, -0.2) is 8.42 Å². The van der Waals surface area contributed by atoms with Gasteiger partial charge in [-0.1, -0.05) is 12.1 Å². The lowest BCUT2D eigenvalue weighted by atomic mass is 10.1. The molecule has 1 aliphatic heterocycles. The smallest absolute Gasteiger partial charge is 0.254 e. The maximum atomic E-state index is 12.9.